The number of benzene rings is 1. The van der Waals surface area contributed by atoms with Crippen molar-refractivity contribution < 1.29 is 9.53 Å². The smallest absolute Gasteiger partial charge is 0.220 e. The van der Waals surface area contributed by atoms with Crippen LogP contribution in [0.1, 0.15) is 38.6 Å². The van der Waals surface area contributed by atoms with E-state index in [2.05, 4.69) is 48.2 Å². The van der Waals surface area contributed by atoms with E-state index in [1.807, 2.05) is 11.7 Å². The second-order valence-corrected chi connectivity index (χ2v) is 9.85. The van der Waals surface area contributed by atoms with E-state index in [4.69, 9.17) is 4.74 Å². The maximum atomic E-state index is 11.3. The van der Waals surface area contributed by atoms with Crippen molar-refractivity contribution in [2.75, 3.05) is 13.2 Å². The molecule has 1 amide bonds. The van der Waals surface area contributed by atoms with E-state index in [0.29, 0.717) is 18.9 Å². The summed E-state index contributed by atoms with van der Waals surface area (Å²) in [5.74, 6) is 1.38. The van der Waals surface area contributed by atoms with Crippen molar-refractivity contribution in [3.05, 3.63) is 28.8 Å². The number of rotatable bonds is 5. The van der Waals surface area contributed by atoms with Crippen molar-refractivity contribution in [1.29, 1.82) is 0 Å². The van der Waals surface area contributed by atoms with E-state index in [0.717, 1.165) is 44.4 Å². The zero-order valence-electron chi connectivity index (χ0n) is 15.7. The van der Waals surface area contributed by atoms with Crippen LogP contribution in [0.4, 0.5) is 0 Å². The van der Waals surface area contributed by atoms with Crippen LogP contribution in [-0.2, 0) is 10.2 Å². The van der Waals surface area contributed by atoms with Crippen LogP contribution in [0.5, 0.6) is 5.75 Å². The predicted octanol–water partition coefficient (Wildman–Crippen LogP) is 4.62. The minimum Gasteiger partial charge on any atom is -0.492 e. The van der Waals surface area contributed by atoms with Gasteiger partial charge in [-0.3, -0.25) is 4.79 Å². The Morgan fingerprint density at radius 3 is 2.85 bits per heavy atom. The summed E-state index contributed by atoms with van der Waals surface area (Å²) in [6, 6.07) is 4.21. The first-order valence-corrected chi connectivity index (χ1v) is 10.8. The largest absolute Gasteiger partial charge is 0.492 e. The molecule has 0 unspecified atom stereocenters. The molecule has 27 heavy (non-hydrogen) atoms. The molecule has 1 aromatic carbocycles. The standard InChI is InChI=1S/C20H23N3O2S2/c1-20(2,3)19-22-10-16(27-19)13-7-14-18(26-11-23-14)15(8-13)25-5-4-12-6-17(24)21-9-12/h7-8,10-12H,4-6,9H2,1-3H3,(H,21,24)/t12-/m0/s1. The van der Waals surface area contributed by atoms with E-state index >= 15 is 0 Å². The second-order valence-electron chi connectivity index (χ2n) is 7.97. The van der Waals surface area contributed by atoms with Crippen LogP contribution in [0.3, 0.4) is 0 Å². The van der Waals surface area contributed by atoms with E-state index in [1.165, 1.54) is 0 Å². The molecule has 142 valence electrons. The van der Waals surface area contributed by atoms with Gasteiger partial charge in [-0.25, -0.2) is 9.97 Å². The van der Waals surface area contributed by atoms with Crippen LogP contribution in [0.15, 0.2) is 23.8 Å². The third-order valence-corrected chi connectivity index (χ3v) is 7.00. The molecule has 1 atom stereocenters. The molecule has 5 nitrogen and oxygen atoms in total. The Labute approximate surface area is 166 Å². The first-order valence-electron chi connectivity index (χ1n) is 9.13. The average molecular weight is 402 g/mol. The molecule has 7 heteroatoms. The molecule has 0 aliphatic carbocycles. The number of hydrogen-bond acceptors (Lipinski definition) is 6. The number of ether oxygens (including phenoxy) is 1. The lowest BCUT2D eigenvalue weighted by Crippen LogP contribution is -2.14. The summed E-state index contributed by atoms with van der Waals surface area (Å²) < 4.78 is 7.20. The molecule has 2 aromatic heterocycles. The van der Waals surface area contributed by atoms with Crippen LogP contribution in [0.2, 0.25) is 0 Å². The quantitative estimate of drug-likeness (QED) is 0.677. The number of hydrogen-bond donors (Lipinski definition) is 1. The minimum absolute atomic E-state index is 0.0414. The summed E-state index contributed by atoms with van der Waals surface area (Å²) in [7, 11) is 0. The van der Waals surface area contributed by atoms with Gasteiger partial charge in [0.2, 0.25) is 5.91 Å². The van der Waals surface area contributed by atoms with Crippen LogP contribution in [-0.4, -0.2) is 29.0 Å². The fourth-order valence-corrected chi connectivity index (χ4v) is 4.84. The number of carbonyl (C=O) groups is 1. The molecule has 1 N–H and O–H groups in total. The number of fused-ring (bicyclic) bond motifs is 1. The van der Waals surface area contributed by atoms with Gasteiger partial charge >= 0.3 is 0 Å². The van der Waals surface area contributed by atoms with Crippen molar-refractivity contribution in [2.24, 2.45) is 5.92 Å². The number of nitrogens with one attached hydrogen (secondary N) is 1. The number of nitrogens with zero attached hydrogens (tertiary/aromatic N) is 2. The number of carbonyl (C=O) groups excluding carboxylic acids is 1. The molecule has 0 radical (unpaired) electrons. The molecule has 0 spiro atoms. The predicted molar refractivity (Wildman–Crippen MR) is 111 cm³/mol. The lowest BCUT2D eigenvalue weighted by Gasteiger charge is -2.13. The van der Waals surface area contributed by atoms with Gasteiger partial charge in [-0.15, -0.1) is 22.7 Å². The highest BCUT2D eigenvalue weighted by molar-refractivity contribution is 7.17. The van der Waals surface area contributed by atoms with Crippen molar-refractivity contribution in [2.45, 2.75) is 39.0 Å². The van der Waals surface area contributed by atoms with Gasteiger partial charge in [-0.2, -0.15) is 0 Å². The van der Waals surface area contributed by atoms with Crippen molar-refractivity contribution in [3.63, 3.8) is 0 Å². The van der Waals surface area contributed by atoms with Crippen LogP contribution in [0.25, 0.3) is 20.7 Å². The topological polar surface area (TPSA) is 64.1 Å². The van der Waals surface area contributed by atoms with Crippen LogP contribution < -0.4 is 10.1 Å². The molecule has 1 fully saturated rings. The average Bonchev–Trinajstić information content (AvgIpc) is 3.34. The molecule has 1 saturated heterocycles. The Hall–Kier alpha value is -1.99. The van der Waals surface area contributed by atoms with Gasteiger partial charge < -0.3 is 10.1 Å². The maximum absolute atomic E-state index is 11.3. The Kier molecular flexibility index (Phi) is 4.90. The molecule has 3 heterocycles. The maximum Gasteiger partial charge on any atom is 0.220 e. The highest BCUT2D eigenvalue weighted by atomic mass is 32.1. The minimum atomic E-state index is 0.0414. The van der Waals surface area contributed by atoms with Gasteiger partial charge in [0.05, 0.1) is 32.2 Å². The van der Waals surface area contributed by atoms with Gasteiger partial charge in [0, 0.05) is 24.6 Å². The molecule has 3 aromatic rings. The third kappa shape index (κ3) is 3.99. The molecular formula is C20H23N3O2S2. The molecule has 0 bridgehead atoms. The van der Waals surface area contributed by atoms with E-state index in [1.54, 1.807) is 22.7 Å². The lowest BCUT2D eigenvalue weighted by atomic mass is 9.98. The zero-order valence-corrected chi connectivity index (χ0v) is 17.4. The summed E-state index contributed by atoms with van der Waals surface area (Å²) >= 11 is 3.32. The second kappa shape index (κ2) is 7.20. The van der Waals surface area contributed by atoms with Gasteiger partial charge in [0.25, 0.3) is 0 Å². The molecule has 0 saturated carbocycles. The van der Waals surface area contributed by atoms with E-state index in [-0.39, 0.29) is 11.3 Å². The summed E-state index contributed by atoms with van der Waals surface area (Å²) in [4.78, 5) is 21.6. The van der Waals surface area contributed by atoms with Crippen molar-refractivity contribution in [3.8, 4) is 16.2 Å². The van der Waals surface area contributed by atoms with E-state index in [9.17, 15) is 4.79 Å². The summed E-state index contributed by atoms with van der Waals surface area (Å²) in [6.45, 7) is 7.89. The molecule has 4 rings (SSSR count). The normalized spacial score (nSPS) is 17.4. The number of amides is 1. The Morgan fingerprint density at radius 2 is 2.15 bits per heavy atom. The summed E-state index contributed by atoms with van der Waals surface area (Å²) in [5.41, 5.74) is 3.94. The van der Waals surface area contributed by atoms with Gasteiger partial charge in [-0.1, -0.05) is 20.8 Å². The Bertz CT molecular complexity index is 971. The van der Waals surface area contributed by atoms with Crippen LogP contribution >= 0.6 is 22.7 Å². The van der Waals surface area contributed by atoms with Crippen molar-refractivity contribution >= 4 is 38.8 Å². The fraction of sp³-hybridized carbons (Fsp3) is 0.450. The monoisotopic (exact) mass is 401 g/mol. The third-order valence-electron chi connectivity index (χ3n) is 4.68. The van der Waals surface area contributed by atoms with Crippen molar-refractivity contribution in [1.82, 2.24) is 15.3 Å². The Balaban J connectivity index is 1.56. The van der Waals surface area contributed by atoms with Crippen LogP contribution in [0, 0.1) is 5.92 Å². The van der Waals surface area contributed by atoms with Gasteiger partial charge in [0.1, 0.15) is 5.75 Å². The highest BCUT2D eigenvalue weighted by Gasteiger charge is 2.22. The molecular weight excluding hydrogens is 378 g/mol. The number of thiazole rings is 2. The Morgan fingerprint density at radius 1 is 1.30 bits per heavy atom. The zero-order chi connectivity index (χ0) is 19.0. The highest BCUT2D eigenvalue weighted by Crippen LogP contribution is 2.38. The SMILES string of the molecule is CC(C)(C)c1ncc(-c2cc(OCC[C@@H]3CNC(=O)C3)c3scnc3c2)s1. The number of aromatic nitrogens is 2. The van der Waals surface area contributed by atoms with Gasteiger partial charge in [0.15, 0.2) is 0 Å². The van der Waals surface area contributed by atoms with Gasteiger partial charge in [-0.05, 0) is 30.0 Å². The fourth-order valence-electron chi connectivity index (χ4n) is 3.15. The molecule has 1 aliphatic heterocycles. The molecule has 1 aliphatic rings. The first kappa shape index (κ1) is 18.4. The lowest BCUT2D eigenvalue weighted by molar-refractivity contribution is -0.119. The first-order chi connectivity index (χ1) is 12.9. The summed E-state index contributed by atoms with van der Waals surface area (Å²) in [5, 5.41) is 4.00. The summed E-state index contributed by atoms with van der Waals surface area (Å²) in [6.07, 6.45) is 3.42. The van der Waals surface area contributed by atoms with E-state index < -0.39 is 0 Å².